The minimum atomic E-state index is 0. The topological polar surface area (TPSA) is 115 Å². The molecule has 6 aromatic rings. The molecule has 8 nitrogen and oxygen atoms in total. The van der Waals surface area contributed by atoms with Crippen molar-refractivity contribution in [3.8, 4) is 11.5 Å². The third-order valence-corrected chi connectivity index (χ3v) is 7.07. The molecule has 0 aliphatic carbocycles. The number of rotatable bonds is 6. The van der Waals surface area contributed by atoms with Gasteiger partial charge in [0.15, 0.2) is 0 Å². The van der Waals surface area contributed by atoms with E-state index in [0.29, 0.717) is 11.1 Å². The predicted octanol–water partition coefficient (Wildman–Crippen LogP) is 6.89. The van der Waals surface area contributed by atoms with Crippen LogP contribution in [0.25, 0.3) is 20.4 Å². The zero-order valence-electron chi connectivity index (χ0n) is 20.2. The largest absolute Gasteiger partial charge is 0.507 e. The van der Waals surface area contributed by atoms with Gasteiger partial charge in [-0.2, -0.15) is 10.2 Å². The summed E-state index contributed by atoms with van der Waals surface area (Å²) >= 11 is 3.08. The Labute approximate surface area is 242 Å². The van der Waals surface area contributed by atoms with Crippen molar-refractivity contribution < 1.29 is 26.7 Å². The first-order valence-corrected chi connectivity index (χ1v) is 13.1. The van der Waals surface area contributed by atoms with Crippen molar-refractivity contribution in [3.63, 3.8) is 0 Å². The number of nitrogens with one attached hydrogen (secondary N) is 2. The zero-order chi connectivity index (χ0) is 26.2. The molecule has 0 atom stereocenters. The fourth-order valence-corrected chi connectivity index (χ4v) is 4.98. The number of anilines is 2. The summed E-state index contributed by atoms with van der Waals surface area (Å²) in [4.78, 5) is 8.79. The maximum absolute atomic E-state index is 9.59. The summed E-state index contributed by atoms with van der Waals surface area (Å²) in [7, 11) is 0. The standard InChI is InChI=1S/2C14H11N3OS.Ni/c2*18-12-7-3-1-5-10(12)9-15-17-14-16-11-6-2-4-8-13(11)19-14;/h2*1-9,18H,(H,16,17);/b2*15-9+;. The van der Waals surface area contributed by atoms with Crippen LogP contribution >= 0.6 is 22.7 Å². The second-order valence-electron chi connectivity index (χ2n) is 7.83. The van der Waals surface area contributed by atoms with E-state index < -0.39 is 0 Å². The molecular weight excluding hydrogens is 575 g/mol. The molecule has 6 rings (SSSR count). The number of benzene rings is 4. The van der Waals surface area contributed by atoms with Gasteiger partial charge in [-0.05, 0) is 48.5 Å². The van der Waals surface area contributed by atoms with Crippen LogP contribution in [0.1, 0.15) is 11.1 Å². The molecule has 4 N–H and O–H groups in total. The number of thiazole rings is 2. The van der Waals surface area contributed by atoms with E-state index in [0.717, 1.165) is 30.7 Å². The number of hydrogen-bond donors (Lipinski definition) is 4. The van der Waals surface area contributed by atoms with E-state index in [9.17, 15) is 10.2 Å². The number of aromatic hydroxyl groups is 2. The van der Waals surface area contributed by atoms with E-state index >= 15 is 0 Å². The van der Waals surface area contributed by atoms with Crippen LogP contribution in [0.3, 0.4) is 0 Å². The van der Waals surface area contributed by atoms with E-state index in [4.69, 9.17) is 0 Å². The Balaban J connectivity index is 0.000000176. The minimum Gasteiger partial charge on any atom is -0.507 e. The van der Waals surface area contributed by atoms with Gasteiger partial charge in [0.2, 0.25) is 10.3 Å². The number of hydrazone groups is 2. The number of aromatic nitrogens is 2. The quantitative estimate of drug-likeness (QED) is 0.0945. The molecule has 2 aromatic heterocycles. The summed E-state index contributed by atoms with van der Waals surface area (Å²) in [5.41, 5.74) is 8.98. The summed E-state index contributed by atoms with van der Waals surface area (Å²) in [5.74, 6) is 0.412. The second kappa shape index (κ2) is 13.5. The van der Waals surface area contributed by atoms with Crippen molar-refractivity contribution in [1.29, 1.82) is 0 Å². The van der Waals surface area contributed by atoms with Crippen molar-refractivity contribution in [1.82, 2.24) is 9.97 Å². The van der Waals surface area contributed by atoms with Crippen LogP contribution in [0.2, 0.25) is 0 Å². The minimum absolute atomic E-state index is 0. The van der Waals surface area contributed by atoms with E-state index in [1.54, 1.807) is 48.8 Å². The Hall–Kier alpha value is -4.31. The second-order valence-corrected chi connectivity index (χ2v) is 9.89. The number of nitrogens with zero attached hydrogens (tertiary/aromatic N) is 4. The number of phenols is 2. The molecule has 0 unspecified atom stereocenters. The summed E-state index contributed by atoms with van der Waals surface area (Å²) in [6.45, 7) is 0. The molecule has 0 radical (unpaired) electrons. The zero-order valence-corrected chi connectivity index (χ0v) is 22.8. The van der Waals surface area contributed by atoms with Crippen LogP contribution < -0.4 is 10.9 Å². The molecule has 39 heavy (non-hydrogen) atoms. The summed E-state index contributed by atoms with van der Waals surface area (Å²) in [5, 5.41) is 28.8. The van der Waals surface area contributed by atoms with E-state index in [-0.39, 0.29) is 28.0 Å². The molecule has 0 bridgehead atoms. The van der Waals surface area contributed by atoms with Crippen LogP contribution in [-0.2, 0) is 16.5 Å². The van der Waals surface area contributed by atoms with Crippen LogP contribution in [-0.4, -0.2) is 32.6 Å². The Morgan fingerprint density at radius 3 is 1.36 bits per heavy atom. The number of fused-ring (bicyclic) bond motifs is 2. The molecule has 0 saturated heterocycles. The van der Waals surface area contributed by atoms with Crippen LogP contribution in [0.4, 0.5) is 10.3 Å². The average Bonchev–Trinajstić information content (AvgIpc) is 3.55. The number of para-hydroxylation sites is 4. The van der Waals surface area contributed by atoms with Gasteiger partial charge >= 0.3 is 0 Å². The molecule has 0 aliphatic rings. The maximum Gasteiger partial charge on any atom is 0.204 e. The van der Waals surface area contributed by atoms with Crippen molar-refractivity contribution in [2.75, 3.05) is 10.9 Å². The summed E-state index contributed by atoms with van der Waals surface area (Å²) in [6.07, 6.45) is 3.14. The number of phenolic OH excluding ortho intramolecular Hbond substituents is 2. The molecule has 0 spiro atoms. The van der Waals surface area contributed by atoms with Gasteiger partial charge in [0, 0.05) is 27.6 Å². The third kappa shape index (κ3) is 7.39. The van der Waals surface area contributed by atoms with Gasteiger partial charge in [-0.3, -0.25) is 10.9 Å². The molecule has 0 fully saturated rings. The van der Waals surface area contributed by atoms with Crippen molar-refractivity contribution in [2.24, 2.45) is 10.2 Å². The van der Waals surface area contributed by atoms with Crippen molar-refractivity contribution in [2.45, 2.75) is 0 Å². The Morgan fingerprint density at radius 1 is 0.564 bits per heavy atom. The summed E-state index contributed by atoms with van der Waals surface area (Å²) < 4.78 is 2.23. The Morgan fingerprint density at radius 2 is 0.949 bits per heavy atom. The van der Waals surface area contributed by atoms with E-state index in [1.165, 1.54) is 22.7 Å². The first kappa shape index (κ1) is 27.7. The smallest absolute Gasteiger partial charge is 0.204 e. The van der Waals surface area contributed by atoms with Crippen molar-refractivity contribution >= 4 is 65.8 Å². The van der Waals surface area contributed by atoms with Gasteiger partial charge in [0.1, 0.15) is 11.5 Å². The molecule has 198 valence electrons. The van der Waals surface area contributed by atoms with Gasteiger partial charge in [0.05, 0.1) is 32.9 Å². The molecular formula is C28H22N6NiO2S2. The van der Waals surface area contributed by atoms with Gasteiger partial charge in [-0.1, -0.05) is 71.2 Å². The Kier molecular flexibility index (Phi) is 9.58. The number of hydrogen-bond acceptors (Lipinski definition) is 10. The molecule has 0 amide bonds. The van der Waals surface area contributed by atoms with E-state index in [1.807, 2.05) is 60.7 Å². The first-order chi connectivity index (χ1) is 18.7. The van der Waals surface area contributed by atoms with Gasteiger partial charge in [-0.25, -0.2) is 9.97 Å². The molecule has 0 aliphatic heterocycles. The fraction of sp³-hybridized carbons (Fsp3) is 0. The first-order valence-electron chi connectivity index (χ1n) is 11.5. The third-order valence-electron chi connectivity index (χ3n) is 5.19. The molecule has 0 saturated carbocycles. The molecule has 2 heterocycles. The Bertz CT molecular complexity index is 1540. The molecule has 4 aromatic carbocycles. The van der Waals surface area contributed by atoms with Gasteiger partial charge < -0.3 is 10.2 Å². The predicted molar refractivity (Wildman–Crippen MR) is 158 cm³/mol. The van der Waals surface area contributed by atoms with Gasteiger partial charge in [-0.15, -0.1) is 0 Å². The van der Waals surface area contributed by atoms with Crippen molar-refractivity contribution in [3.05, 3.63) is 108 Å². The van der Waals surface area contributed by atoms with Crippen LogP contribution in [0.5, 0.6) is 11.5 Å². The average molecular weight is 597 g/mol. The molecule has 11 heteroatoms. The van der Waals surface area contributed by atoms with Gasteiger partial charge in [0.25, 0.3) is 0 Å². The van der Waals surface area contributed by atoms with E-state index in [2.05, 4.69) is 31.0 Å². The SMILES string of the molecule is Oc1ccccc1/C=N/Nc1nc2ccccc2s1.Oc1ccccc1/C=N/Nc1nc2ccccc2s1.[Ni]. The summed E-state index contributed by atoms with van der Waals surface area (Å²) in [6, 6.07) is 29.9. The maximum atomic E-state index is 9.59. The van der Waals surface area contributed by atoms with Crippen LogP contribution in [0.15, 0.2) is 107 Å². The normalized spacial score (nSPS) is 10.9. The monoisotopic (exact) mass is 596 g/mol. The van der Waals surface area contributed by atoms with Crippen LogP contribution in [0, 0.1) is 0 Å². The fourth-order valence-electron chi connectivity index (χ4n) is 3.35.